The van der Waals surface area contributed by atoms with Crippen LogP contribution in [-0.2, 0) is 21.9 Å². The molecule has 0 spiro atoms. The number of imide groups is 1. The van der Waals surface area contributed by atoms with E-state index in [1.807, 2.05) is 0 Å². The summed E-state index contributed by atoms with van der Waals surface area (Å²) >= 11 is 0. The van der Waals surface area contributed by atoms with E-state index in [-0.39, 0.29) is 33.4 Å². The third-order valence-electron chi connectivity index (χ3n) is 6.66. The van der Waals surface area contributed by atoms with Gasteiger partial charge >= 0.3 is 12.4 Å². The van der Waals surface area contributed by atoms with Gasteiger partial charge in [-0.2, -0.15) is 26.3 Å². The Hall–Kier alpha value is -4.42. The van der Waals surface area contributed by atoms with Gasteiger partial charge in [-0.3, -0.25) is 14.9 Å². The van der Waals surface area contributed by atoms with Crippen molar-refractivity contribution < 1.29 is 35.9 Å². The molecule has 1 aliphatic heterocycles. The van der Waals surface area contributed by atoms with Crippen molar-refractivity contribution in [2.24, 2.45) is 0 Å². The number of nitrogens with zero attached hydrogens (tertiary/aromatic N) is 4. The van der Waals surface area contributed by atoms with Crippen LogP contribution in [0.4, 0.5) is 38.0 Å². The average molecular weight is 547 g/mol. The molecule has 0 aliphatic carbocycles. The molecule has 1 aliphatic rings. The van der Waals surface area contributed by atoms with E-state index in [0.29, 0.717) is 0 Å². The highest BCUT2D eigenvalue weighted by molar-refractivity contribution is 6.12. The first-order chi connectivity index (χ1) is 18.3. The number of alkyl halides is 6. The van der Waals surface area contributed by atoms with Crippen LogP contribution < -0.4 is 15.1 Å². The molecule has 2 aromatic carbocycles. The molecule has 1 saturated heterocycles. The van der Waals surface area contributed by atoms with Crippen molar-refractivity contribution in [3.8, 4) is 0 Å². The van der Waals surface area contributed by atoms with E-state index in [9.17, 15) is 35.9 Å². The number of fused-ring (bicyclic) bond motifs is 2. The second-order valence-corrected chi connectivity index (χ2v) is 9.05. The number of anilines is 2. The number of nitrogens with one attached hydrogen (secondary N) is 1. The lowest BCUT2D eigenvalue weighted by molar-refractivity contribution is -0.137. The number of amides is 2. The van der Waals surface area contributed by atoms with E-state index in [0.717, 1.165) is 21.9 Å². The molecule has 39 heavy (non-hydrogen) atoms. The number of pyridine rings is 2. The van der Waals surface area contributed by atoms with E-state index in [4.69, 9.17) is 0 Å². The van der Waals surface area contributed by atoms with E-state index in [2.05, 4.69) is 15.3 Å². The topological polar surface area (TPSA) is 78.4 Å². The number of carbonyl (C=O) groups excluding carboxylic acids is 2. The Morgan fingerprint density at radius 2 is 1.03 bits per heavy atom. The second-order valence-electron chi connectivity index (χ2n) is 9.05. The van der Waals surface area contributed by atoms with Crippen molar-refractivity contribution in [2.45, 2.75) is 24.4 Å². The maximum atomic E-state index is 13.9. The predicted molar refractivity (Wildman–Crippen MR) is 131 cm³/mol. The molecule has 7 nitrogen and oxygen atoms in total. The van der Waals surface area contributed by atoms with Crippen molar-refractivity contribution in [3.63, 3.8) is 0 Å². The zero-order chi connectivity index (χ0) is 28.3. The van der Waals surface area contributed by atoms with Gasteiger partial charge in [0.15, 0.2) is 0 Å². The quantitative estimate of drug-likeness (QED) is 0.293. The van der Waals surface area contributed by atoms with Gasteiger partial charge in [-0.15, -0.1) is 0 Å². The zero-order valence-electron chi connectivity index (χ0n) is 20.3. The zero-order valence-corrected chi connectivity index (χ0v) is 20.3. The van der Waals surface area contributed by atoms with Gasteiger partial charge in [0.05, 0.1) is 22.2 Å². The molecule has 13 heteroatoms. The molecule has 202 valence electrons. The summed E-state index contributed by atoms with van der Waals surface area (Å²) in [6, 6.07) is 9.84. The van der Waals surface area contributed by atoms with Crippen molar-refractivity contribution in [3.05, 3.63) is 71.8 Å². The Morgan fingerprint density at radius 3 is 1.38 bits per heavy atom. The highest BCUT2D eigenvalue weighted by Gasteiger charge is 2.48. The summed E-state index contributed by atoms with van der Waals surface area (Å²) in [6.45, 7) is 0. The lowest BCUT2D eigenvalue weighted by atomic mass is 10.0. The lowest BCUT2D eigenvalue weighted by Crippen LogP contribution is -2.52. The van der Waals surface area contributed by atoms with Gasteiger partial charge in [0.25, 0.3) is 11.8 Å². The molecule has 0 radical (unpaired) electrons. The van der Waals surface area contributed by atoms with Crippen molar-refractivity contribution >= 4 is 45.3 Å². The van der Waals surface area contributed by atoms with Crippen molar-refractivity contribution in [1.29, 1.82) is 0 Å². The number of benzene rings is 2. The van der Waals surface area contributed by atoms with E-state index < -0.39 is 47.4 Å². The van der Waals surface area contributed by atoms with Crippen LogP contribution in [0.3, 0.4) is 0 Å². The average Bonchev–Trinajstić information content (AvgIpc) is 3.18. The predicted octanol–water partition coefficient (Wildman–Crippen LogP) is 4.79. The van der Waals surface area contributed by atoms with Gasteiger partial charge in [-0.05, 0) is 24.3 Å². The fraction of sp³-hybridized carbons (Fsp3) is 0.231. The molecule has 0 bridgehead atoms. The first-order valence-electron chi connectivity index (χ1n) is 11.5. The van der Waals surface area contributed by atoms with Crippen LogP contribution in [0.1, 0.15) is 11.1 Å². The molecule has 1 fully saturated rings. The first-order valence-corrected chi connectivity index (χ1v) is 11.5. The Bertz CT molecular complexity index is 1500. The minimum Gasteiger partial charge on any atom is -0.345 e. The van der Waals surface area contributed by atoms with E-state index in [1.54, 1.807) is 0 Å². The molecule has 1 N–H and O–H groups in total. The summed E-state index contributed by atoms with van der Waals surface area (Å²) in [5, 5.41) is 1.82. The largest absolute Gasteiger partial charge is 0.417 e. The number of para-hydroxylation sites is 2. The normalized spacial score (nSPS) is 18.1. The molecule has 4 aromatic rings. The molecule has 0 saturated carbocycles. The maximum absolute atomic E-state index is 13.9. The number of halogens is 6. The van der Waals surface area contributed by atoms with Crippen molar-refractivity contribution in [1.82, 2.24) is 15.3 Å². The number of likely N-dealkylation sites (N-methyl/N-ethyl adjacent to an activating group) is 2. The molecule has 2 unspecified atom stereocenters. The fourth-order valence-corrected chi connectivity index (χ4v) is 4.77. The van der Waals surface area contributed by atoms with Gasteiger partial charge in [-0.25, -0.2) is 9.97 Å². The highest BCUT2D eigenvalue weighted by atomic mass is 19.4. The Kier molecular flexibility index (Phi) is 6.11. The third-order valence-corrected chi connectivity index (χ3v) is 6.66. The molecule has 3 heterocycles. The monoisotopic (exact) mass is 547 g/mol. The van der Waals surface area contributed by atoms with Gasteiger partial charge in [0.2, 0.25) is 0 Å². The summed E-state index contributed by atoms with van der Waals surface area (Å²) in [5.41, 5.74) is -1.96. The number of hydrogen-bond donors (Lipinski definition) is 1. The third kappa shape index (κ3) is 4.57. The van der Waals surface area contributed by atoms with E-state index in [1.165, 1.54) is 62.6 Å². The minimum atomic E-state index is -4.74. The molecule has 2 atom stereocenters. The summed E-state index contributed by atoms with van der Waals surface area (Å²) in [7, 11) is 2.58. The van der Waals surface area contributed by atoms with Crippen molar-refractivity contribution in [2.75, 3.05) is 23.9 Å². The summed E-state index contributed by atoms with van der Waals surface area (Å²) in [5.74, 6) is -2.20. The van der Waals surface area contributed by atoms with Gasteiger partial charge in [0, 0.05) is 24.9 Å². The fourth-order valence-electron chi connectivity index (χ4n) is 4.77. The van der Waals surface area contributed by atoms with E-state index >= 15 is 0 Å². The Balaban J connectivity index is 1.60. The number of carbonyl (C=O) groups is 2. The number of rotatable bonds is 4. The maximum Gasteiger partial charge on any atom is 0.417 e. The highest BCUT2D eigenvalue weighted by Crippen LogP contribution is 2.39. The number of hydrogen-bond acceptors (Lipinski definition) is 6. The first kappa shape index (κ1) is 26.2. The van der Waals surface area contributed by atoms with Gasteiger partial charge in [-0.1, -0.05) is 36.4 Å². The van der Waals surface area contributed by atoms with Crippen LogP contribution in [0.25, 0.3) is 21.8 Å². The van der Waals surface area contributed by atoms with Crippen LogP contribution >= 0.6 is 0 Å². The molecule has 2 aromatic heterocycles. The Morgan fingerprint density at radius 1 is 0.667 bits per heavy atom. The van der Waals surface area contributed by atoms with Crippen LogP contribution in [0.5, 0.6) is 0 Å². The van der Waals surface area contributed by atoms with Crippen LogP contribution in [0.15, 0.2) is 60.7 Å². The molecule has 5 rings (SSSR count). The SMILES string of the molecule is CN(c1cc(C(F)(F)F)c2ccccc2n1)C1C(=O)NC(=O)C1N(C)c1cc(C(F)(F)F)c2ccccc2n1. The summed E-state index contributed by atoms with van der Waals surface area (Å²) < 4.78 is 83.3. The number of aromatic nitrogens is 2. The van der Waals surface area contributed by atoms with Gasteiger partial charge in [0.1, 0.15) is 23.7 Å². The van der Waals surface area contributed by atoms with Gasteiger partial charge < -0.3 is 9.80 Å². The minimum absolute atomic E-state index is 0.00910. The molecular formula is C26H19F6N5O2. The summed E-state index contributed by atoms with van der Waals surface area (Å²) in [6.07, 6.45) is -9.49. The lowest BCUT2D eigenvalue weighted by Gasteiger charge is -2.33. The Labute approximate surface area is 217 Å². The van der Waals surface area contributed by atoms with Crippen LogP contribution in [-0.4, -0.2) is 48.0 Å². The smallest absolute Gasteiger partial charge is 0.345 e. The molecule has 2 amide bonds. The second kappa shape index (κ2) is 9.10. The standard InChI is InChI=1S/C26H19F6N5O2/c1-36(19-11-15(25(27,28)29)13-7-3-5-9-17(13)33-19)21-22(24(39)35-23(21)38)37(2)20-12-16(26(30,31)32)14-8-4-6-10-18(14)34-20/h3-12,21-22H,1-2H3,(H,35,38,39). The van der Waals surface area contributed by atoms with Crippen LogP contribution in [0.2, 0.25) is 0 Å². The van der Waals surface area contributed by atoms with Crippen LogP contribution in [0, 0.1) is 0 Å². The molecular weight excluding hydrogens is 528 g/mol. The summed E-state index contributed by atoms with van der Waals surface area (Å²) in [4.78, 5) is 36.5.